The maximum Gasteiger partial charge on any atom is 0.357 e. The number of hydrogen-bond acceptors (Lipinski definition) is 5. The molecule has 0 bridgehead atoms. The molecule has 1 aromatic heterocycles. The van der Waals surface area contributed by atoms with Gasteiger partial charge in [0.2, 0.25) is 0 Å². The SMILES string of the molecule is CC(C)[C@](C)(C#N)NC(=O)COC(=O)c1cc(C2CC2)nn1-c1ccccc1. The largest absolute Gasteiger partial charge is 0.451 e. The Hall–Kier alpha value is -3.14. The van der Waals surface area contributed by atoms with E-state index in [1.54, 1.807) is 17.7 Å². The Bertz CT molecular complexity index is 909. The molecule has 0 aliphatic heterocycles. The summed E-state index contributed by atoms with van der Waals surface area (Å²) in [5.74, 6) is -0.846. The summed E-state index contributed by atoms with van der Waals surface area (Å²) in [6.45, 7) is 4.87. The molecule has 1 atom stereocenters. The van der Waals surface area contributed by atoms with Crippen molar-refractivity contribution in [1.29, 1.82) is 5.26 Å². The van der Waals surface area contributed by atoms with Crippen molar-refractivity contribution in [2.75, 3.05) is 6.61 Å². The second-order valence-electron chi connectivity index (χ2n) is 7.57. The standard InChI is InChI=1S/C21H24N4O3/c1-14(2)21(3,13-22)23-19(26)12-28-20(27)18-11-17(15-9-10-15)24-25(18)16-7-5-4-6-8-16/h4-8,11,14-15H,9-10,12H2,1-3H3,(H,23,26)/t21-/m0/s1. The molecule has 1 fully saturated rings. The average Bonchev–Trinajstić information content (AvgIpc) is 3.45. The molecule has 0 unspecified atom stereocenters. The molecular formula is C21H24N4O3. The minimum atomic E-state index is -1.02. The lowest BCUT2D eigenvalue weighted by Gasteiger charge is -2.27. The normalized spacial score (nSPS) is 15.5. The number of ether oxygens (including phenoxy) is 1. The molecule has 1 aliphatic rings. The Morgan fingerprint density at radius 1 is 1.36 bits per heavy atom. The van der Waals surface area contributed by atoms with Crippen molar-refractivity contribution in [1.82, 2.24) is 15.1 Å². The van der Waals surface area contributed by atoms with Crippen LogP contribution < -0.4 is 5.32 Å². The Balaban J connectivity index is 1.72. The van der Waals surface area contributed by atoms with Gasteiger partial charge in [-0.05, 0) is 43.9 Å². The number of benzene rings is 1. The van der Waals surface area contributed by atoms with E-state index >= 15 is 0 Å². The first-order valence-electron chi connectivity index (χ1n) is 9.39. The molecule has 0 saturated heterocycles. The summed E-state index contributed by atoms with van der Waals surface area (Å²) in [7, 11) is 0. The van der Waals surface area contributed by atoms with Gasteiger partial charge in [0.15, 0.2) is 12.3 Å². The first-order chi connectivity index (χ1) is 13.3. The van der Waals surface area contributed by atoms with Gasteiger partial charge in [-0.1, -0.05) is 32.0 Å². The number of carbonyl (C=O) groups is 2. The van der Waals surface area contributed by atoms with Crippen molar-refractivity contribution in [2.24, 2.45) is 5.92 Å². The smallest absolute Gasteiger partial charge is 0.357 e. The quantitative estimate of drug-likeness (QED) is 0.745. The summed E-state index contributed by atoms with van der Waals surface area (Å²) in [6.07, 6.45) is 2.12. The second-order valence-corrected chi connectivity index (χ2v) is 7.57. The zero-order valence-corrected chi connectivity index (χ0v) is 16.3. The number of hydrogen-bond donors (Lipinski definition) is 1. The first kappa shape index (κ1) is 19.6. The summed E-state index contributed by atoms with van der Waals surface area (Å²) >= 11 is 0. The topological polar surface area (TPSA) is 97.0 Å². The molecule has 0 spiro atoms. The number of nitrogens with zero attached hydrogens (tertiary/aromatic N) is 3. The van der Waals surface area contributed by atoms with Gasteiger partial charge in [-0.25, -0.2) is 9.48 Å². The van der Waals surface area contributed by atoms with Gasteiger partial charge in [0.05, 0.1) is 17.5 Å². The molecule has 1 amide bonds. The van der Waals surface area contributed by atoms with Crippen molar-refractivity contribution in [3.63, 3.8) is 0 Å². The maximum absolute atomic E-state index is 12.6. The van der Waals surface area contributed by atoms with Crippen molar-refractivity contribution in [2.45, 2.75) is 45.1 Å². The maximum atomic E-state index is 12.6. The lowest BCUT2D eigenvalue weighted by atomic mass is 9.90. The highest BCUT2D eigenvalue weighted by Crippen LogP contribution is 2.39. The Kier molecular flexibility index (Phi) is 5.50. The summed E-state index contributed by atoms with van der Waals surface area (Å²) in [5, 5.41) is 16.5. The third-order valence-corrected chi connectivity index (χ3v) is 5.05. The van der Waals surface area contributed by atoms with Crippen LogP contribution >= 0.6 is 0 Å². The van der Waals surface area contributed by atoms with E-state index < -0.39 is 24.0 Å². The van der Waals surface area contributed by atoms with Crippen molar-refractivity contribution in [3.8, 4) is 11.8 Å². The van der Waals surface area contributed by atoms with Gasteiger partial charge in [0.1, 0.15) is 5.54 Å². The van der Waals surface area contributed by atoms with Gasteiger partial charge in [-0.3, -0.25) is 4.79 Å². The first-order valence-corrected chi connectivity index (χ1v) is 9.39. The van der Waals surface area contributed by atoms with Crippen molar-refractivity contribution < 1.29 is 14.3 Å². The predicted molar refractivity (Wildman–Crippen MR) is 103 cm³/mol. The molecule has 3 rings (SSSR count). The Morgan fingerprint density at radius 2 is 2.04 bits per heavy atom. The number of aromatic nitrogens is 2. The van der Waals surface area contributed by atoms with Gasteiger partial charge < -0.3 is 10.1 Å². The van der Waals surface area contributed by atoms with Gasteiger partial charge in [0, 0.05) is 5.92 Å². The minimum absolute atomic E-state index is 0.0854. The van der Waals surface area contributed by atoms with Gasteiger partial charge in [-0.15, -0.1) is 0 Å². The molecule has 7 nitrogen and oxygen atoms in total. The van der Waals surface area contributed by atoms with Crippen LogP contribution in [0.5, 0.6) is 0 Å². The Labute approximate surface area is 164 Å². The van der Waals surface area contributed by atoms with Crippen LogP contribution in [0.3, 0.4) is 0 Å². The molecule has 146 valence electrons. The monoisotopic (exact) mass is 380 g/mol. The van der Waals surface area contributed by atoms with E-state index in [-0.39, 0.29) is 11.6 Å². The molecule has 1 heterocycles. The van der Waals surface area contributed by atoms with Crippen LogP contribution in [0.4, 0.5) is 0 Å². The number of esters is 1. The summed E-state index contributed by atoms with van der Waals surface area (Å²) in [6, 6.07) is 13.2. The molecule has 0 radical (unpaired) electrons. The minimum Gasteiger partial charge on any atom is -0.451 e. The van der Waals surface area contributed by atoms with Crippen LogP contribution in [0.15, 0.2) is 36.4 Å². The van der Waals surface area contributed by atoms with E-state index in [4.69, 9.17) is 4.74 Å². The third-order valence-electron chi connectivity index (χ3n) is 5.05. The number of para-hydroxylation sites is 1. The van der Waals surface area contributed by atoms with Gasteiger partial charge >= 0.3 is 5.97 Å². The van der Waals surface area contributed by atoms with Crippen LogP contribution in [0.1, 0.15) is 55.7 Å². The molecule has 1 saturated carbocycles. The highest BCUT2D eigenvalue weighted by molar-refractivity contribution is 5.90. The predicted octanol–water partition coefficient (Wildman–Crippen LogP) is 2.96. The average molecular weight is 380 g/mol. The van der Waals surface area contributed by atoms with Crippen LogP contribution in [0.2, 0.25) is 0 Å². The number of carbonyl (C=O) groups excluding carboxylic acids is 2. The highest BCUT2D eigenvalue weighted by atomic mass is 16.5. The highest BCUT2D eigenvalue weighted by Gasteiger charge is 2.31. The fourth-order valence-electron chi connectivity index (χ4n) is 2.72. The third kappa shape index (κ3) is 4.22. The van der Waals surface area contributed by atoms with Crippen LogP contribution in [0.25, 0.3) is 5.69 Å². The van der Waals surface area contributed by atoms with E-state index in [1.165, 1.54) is 0 Å². The summed E-state index contributed by atoms with van der Waals surface area (Å²) in [4.78, 5) is 24.8. The van der Waals surface area contributed by atoms with E-state index in [1.807, 2.05) is 44.2 Å². The second kappa shape index (κ2) is 7.85. The number of amides is 1. The van der Waals surface area contributed by atoms with Crippen LogP contribution in [-0.4, -0.2) is 33.8 Å². The fraction of sp³-hybridized carbons (Fsp3) is 0.429. The zero-order valence-electron chi connectivity index (χ0n) is 16.3. The number of nitriles is 1. The molecule has 1 aromatic carbocycles. The lowest BCUT2D eigenvalue weighted by Crippen LogP contribution is -2.50. The molecule has 28 heavy (non-hydrogen) atoms. The van der Waals surface area contributed by atoms with E-state index in [0.717, 1.165) is 24.2 Å². The zero-order chi connectivity index (χ0) is 20.3. The fourth-order valence-corrected chi connectivity index (χ4v) is 2.72. The summed E-state index contributed by atoms with van der Waals surface area (Å²) < 4.78 is 6.77. The number of rotatable bonds is 7. The molecule has 1 aliphatic carbocycles. The van der Waals surface area contributed by atoms with Gasteiger partial charge in [0.25, 0.3) is 5.91 Å². The lowest BCUT2D eigenvalue weighted by molar-refractivity contribution is -0.125. The van der Waals surface area contributed by atoms with Crippen LogP contribution in [0, 0.1) is 17.2 Å². The molecule has 1 N–H and O–H groups in total. The van der Waals surface area contributed by atoms with Gasteiger partial charge in [-0.2, -0.15) is 10.4 Å². The van der Waals surface area contributed by atoms with Crippen molar-refractivity contribution in [3.05, 3.63) is 47.8 Å². The summed E-state index contributed by atoms with van der Waals surface area (Å²) in [5.41, 5.74) is 0.877. The van der Waals surface area contributed by atoms with Crippen LogP contribution in [-0.2, 0) is 9.53 Å². The molecule has 7 heteroatoms. The number of nitrogens with one attached hydrogen (secondary N) is 1. The molecule has 2 aromatic rings. The van der Waals surface area contributed by atoms with E-state index in [9.17, 15) is 14.9 Å². The molecular weight excluding hydrogens is 356 g/mol. The van der Waals surface area contributed by atoms with Crippen molar-refractivity contribution >= 4 is 11.9 Å². The van der Waals surface area contributed by atoms with E-state index in [0.29, 0.717) is 5.92 Å². The Morgan fingerprint density at radius 3 is 2.61 bits per heavy atom. The van der Waals surface area contributed by atoms with E-state index in [2.05, 4.69) is 16.5 Å².